The minimum atomic E-state index is -0.946. The normalized spacial score (nSPS) is 41.0. The van der Waals surface area contributed by atoms with Crippen molar-refractivity contribution in [2.75, 3.05) is 20.6 Å². The van der Waals surface area contributed by atoms with Crippen LogP contribution in [0.4, 0.5) is 4.39 Å². The number of nitrogens with one attached hydrogen (secondary N) is 2. The predicted octanol–water partition coefficient (Wildman–Crippen LogP) is 5.86. The number of hydrogen-bond donors (Lipinski definition) is 3. The summed E-state index contributed by atoms with van der Waals surface area (Å²) in [6, 6.07) is 0.0510. The Balaban J connectivity index is 1.14. The number of aliphatic imine (C=N–C) groups is 2. The highest BCUT2D eigenvalue weighted by Gasteiger charge is 2.71. The highest BCUT2D eigenvalue weighted by Crippen LogP contribution is 2.71. The lowest BCUT2D eigenvalue weighted by Crippen LogP contribution is -2.53. The van der Waals surface area contributed by atoms with Gasteiger partial charge in [-0.05, 0) is 99.0 Å². The minimum Gasteiger partial charge on any atom is -0.363 e. The summed E-state index contributed by atoms with van der Waals surface area (Å²) in [5, 5.41) is 17.4. The molecule has 0 radical (unpaired) electrons. The number of hydrogen-bond acceptors (Lipinski definition) is 5. The zero-order chi connectivity index (χ0) is 30.6. The van der Waals surface area contributed by atoms with E-state index in [4.69, 9.17) is 4.99 Å². The number of amidine groups is 1. The van der Waals surface area contributed by atoms with Crippen LogP contribution >= 0.6 is 0 Å². The third kappa shape index (κ3) is 5.50. The molecule has 2 bridgehead atoms. The number of carboxylic acids is 1. The van der Waals surface area contributed by atoms with Crippen LogP contribution in [0.1, 0.15) is 70.6 Å². The number of allylic oxidation sites excluding steroid dienone is 5. The fourth-order valence-corrected chi connectivity index (χ4v) is 10.1. The van der Waals surface area contributed by atoms with E-state index < -0.39 is 12.1 Å². The summed E-state index contributed by atoms with van der Waals surface area (Å²) in [6.45, 7) is 5.35. The Morgan fingerprint density at radius 1 is 1.23 bits per heavy atom. The Kier molecular flexibility index (Phi) is 8.09. The van der Waals surface area contributed by atoms with Crippen molar-refractivity contribution in [1.29, 1.82) is 0 Å². The summed E-state index contributed by atoms with van der Waals surface area (Å²) in [5.74, 6) is 3.28. The average Bonchev–Trinajstić information content (AvgIpc) is 3.49. The molecule has 44 heavy (non-hydrogen) atoms. The van der Waals surface area contributed by atoms with Gasteiger partial charge in [0.1, 0.15) is 17.9 Å². The Morgan fingerprint density at radius 2 is 2.00 bits per heavy atom. The average molecular weight is 605 g/mol. The van der Waals surface area contributed by atoms with Crippen molar-refractivity contribution >= 4 is 18.0 Å². The molecular formula is C36H51FN5O2+. The number of halogens is 1. The second-order valence-electron chi connectivity index (χ2n) is 15.1. The van der Waals surface area contributed by atoms with Gasteiger partial charge in [0, 0.05) is 37.0 Å². The lowest BCUT2D eigenvalue weighted by atomic mass is 9.74. The van der Waals surface area contributed by atoms with Gasteiger partial charge in [0.2, 0.25) is 0 Å². The number of rotatable bonds is 10. The van der Waals surface area contributed by atoms with E-state index >= 15 is 4.39 Å². The van der Waals surface area contributed by atoms with Crippen LogP contribution in [0.25, 0.3) is 0 Å². The van der Waals surface area contributed by atoms with Crippen molar-refractivity contribution in [3.05, 3.63) is 47.7 Å². The minimum absolute atomic E-state index is 0.0510. The van der Waals surface area contributed by atoms with Gasteiger partial charge in [0.25, 0.3) is 0 Å². The molecule has 6 aliphatic carbocycles. The summed E-state index contributed by atoms with van der Waals surface area (Å²) in [6.07, 6.45) is 20.6. The van der Waals surface area contributed by atoms with E-state index in [1.54, 1.807) is 6.08 Å². The Hall–Kier alpha value is -2.74. The molecular weight excluding hydrogens is 553 g/mol. The number of fused-ring (bicyclic) bond motifs is 3. The molecule has 4 saturated carbocycles. The fraction of sp³-hybridized carbons (Fsp3) is 0.694. The Labute approximate surface area is 261 Å². The molecule has 4 N–H and O–H groups in total. The Bertz CT molecular complexity index is 1300. The molecule has 0 spiro atoms. The van der Waals surface area contributed by atoms with Crippen LogP contribution in [0.3, 0.4) is 0 Å². The molecule has 0 aromatic rings. The number of aliphatic carboxylic acids is 1. The quantitative estimate of drug-likeness (QED) is 0.215. The fourth-order valence-electron chi connectivity index (χ4n) is 10.1. The van der Waals surface area contributed by atoms with E-state index in [2.05, 4.69) is 40.2 Å². The number of nitrogens with zero attached hydrogens (tertiary/aromatic N) is 3. The van der Waals surface area contributed by atoms with Crippen LogP contribution in [-0.2, 0) is 0 Å². The molecule has 7 rings (SSSR count). The van der Waals surface area contributed by atoms with Gasteiger partial charge >= 0.3 is 5.97 Å². The van der Waals surface area contributed by atoms with E-state index in [1.807, 2.05) is 25.4 Å². The van der Waals surface area contributed by atoms with E-state index in [0.29, 0.717) is 11.8 Å². The van der Waals surface area contributed by atoms with Crippen LogP contribution in [0.5, 0.6) is 0 Å². The molecule has 0 aromatic carbocycles. The second kappa shape index (κ2) is 11.9. The van der Waals surface area contributed by atoms with Crippen molar-refractivity contribution in [2.45, 2.75) is 89.1 Å². The van der Waals surface area contributed by atoms with Gasteiger partial charge in [-0.3, -0.25) is 9.89 Å². The summed E-state index contributed by atoms with van der Waals surface area (Å²) in [7, 11) is 3.94. The van der Waals surface area contributed by atoms with Crippen LogP contribution in [-0.4, -0.2) is 72.0 Å². The SMILES string of the molecule is C=C(C=NC)[C@H](CC1C2CCC[C@H]1CC2)NC1=NC(N(C)CC23CC(C(O)=[OH+])C2C3)NC2=C1C[C@H]([C@@H]1C=CC=CC1F)CC2. The molecule has 0 aromatic heterocycles. The summed E-state index contributed by atoms with van der Waals surface area (Å²) in [4.78, 5) is 21.7. The molecule has 4 fully saturated rings. The monoisotopic (exact) mass is 604 g/mol. The summed E-state index contributed by atoms with van der Waals surface area (Å²) < 4.78 is 15.1. The van der Waals surface area contributed by atoms with E-state index in [-0.39, 0.29) is 35.5 Å². The van der Waals surface area contributed by atoms with E-state index in [1.165, 1.54) is 43.4 Å². The second-order valence-corrected chi connectivity index (χ2v) is 15.1. The van der Waals surface area contributed by atoms with Gasteiger partial charge < -0.3 is 20.5 Å². The predicted molar refractivity (Wildman–Crippen MR) is 175 cm³/mol. The first kappa shape index (κ1) is 29.9. The van der Waals surface area contributed by atoms with Crippen LogP contribution in [0, 0.1) is 46.8 Å². The molecule has 1 heterocycles. The maximum atomic E-state index is 15.1. The third-order valence-corrected chi connectivity index (χ3v) is 12.6. The molecule has 8 heteroatoms. The molecule has 0 saturated heterocycles. The lowest BCUT2D eigenvalue weighted by molar-refractivity contribution is 0.108. The van der Waals surface area contributed by atoms with Gasteiger partial charge in [-0.25, -0.2) is 9.38 Å². The standard InChI is InChI=1S/C36H50FN5O2/c1-21(19-38-2)32(16-26-22-7-6-8-23(26)12-11-22)39-33-27-15-24(25-9-4-5-10-30(25)37)13-14-31(27)40-35(41-33)42(3)20-36-17-28(34(43)44)29(36)18-36/h4-5,9-10,19,22-26,28-30,32,35,40H,1,6-8,11-18,20H2,2-3H3,(H,39,41)(H,43,44)/p+1/t22-,23?,24+,25-,26?,28?,29?,30?,32-,35?,36?/m0/s1. The number of aliphatic hydroxyl groups excluding tert-OH is 1. The highest BCUT2D eigenvalue weighted by atomic mass is 19.1. The highest BCUT2D eigenvalue weighted by molar-refractivity contribution is 6.00. The van der Waals surface area contributed by atoms with Crippen molar-refractivity contribution in [2.24, 2.45) is 56.8 Å². The van der Waals surface area contributed by atoms with Crippen LogP contribution < -0.4 is 10.6 Å². The largest absolute Gasteiger partial charge is 0.483 e. The number of alkyl halides is 1. The van der Waals surface area contributed by atoms with Gasteiger partial charge in [-0.15, -0.1) is 0 Å². The maximum Gasteiger partial charge on any atom is 0.483 e. The summed E-state index contributed by atoms with van der Waals surface area (Å²) >= 11 is 0. The van der Waals surface area contributed by atoms with Gasteiger partial charge in [-0.1, -0.05) is 50.1 Å². The van der Waals surface area contributed by atoms with Gasteiger partial charge in [0.15, 0.2) is 6.29 Å². The smallest absolute Gasteiger partial charge is 0.363 e. The van der Waals surface area contributed by atoms with Gasteiger partial charge in [0.05, 0.1) is 6.04 Å². The van der Waals surface area contributed by atoms with Gasteiger partial charge in [-0.2, -0.15) is 0 Å². The van der Waals surface area contributed by atoms with E-state index in [0.717, 1.165) is 68.3 Å². The molecule has 0 amide bonds. The maximum absolute atomic E-state index is 15.1. The van der Waals surface area contributed by atoms with Crippen LogP contribution in [0.2, 0.25) is 0 Å². The van der Waals surface area contributed by atoms with Crippen molar-refractivity contribution in [3.63, 3.8) is 0 Å². The van der Waals surface area contributed by atoms with E-state index in [9.17, 15) is 9.90 Å². The first-order valence-corrected chi connectivity index (χ1v) is 17.1. The first-order chi connectivity index (χ1) is 21.3. The number of carboxylic acid groups (broad SMARTS) is 1. The lowest BCUT2D eigenvalue weighted by Gasteiger charge is -2.42. The zero-order valence-corrected chi connectivity index (χ0v) is 26.5. The topological polar surface area (TPSA) is 93.7 Å². The summed E-state index contributed by atoms with van der Waals surface area (Å²) in [5.41, 5.74) is 3.59. The van der Waals surface area contributed by atoms with Crippen molar-refractivity contribution in [3.8, 4) is 0 Å². The third-order valence-electron chi connectivity index (χ3n) is 12.6. The molecule has 7 nitrogen and oxygen atoms in total. The molecule has 1 aliphatic heterocycles. The molecule has 11 atom stereocenters. The Morgan fingerprint density at radius 3 is 2.70 bits per heavy atom. The zero-order valence-electron chi connectivity index (χ0n) is 26.5. The molecule has 7 unspecified atom stereocenters. The van der Waals surface area contributed by atoms with Crippen molar-refractivity contribution in [1.82, 2.24) is 15.5 Å². The van der Waals surface area contributed by atoms with Crippen molar-refractivity contribution < 1.29 is 14.3 Å². The molecule has 238 valence electrons. The molecule has 7 aliphatic rings. The first-order valence-electron chi connectivity index (χ1n) is 17.1. The van der Waals surface area contributed by atoms with Crippen LogP contribution in [0.15, 0.2) is 57.7 Å².